The van der Waals surface area contributed by atoms with E-state index in [1.54, 1.807) is 29.5 Å². The average molecular weight is 337 g/mol. The second-order valence-electron chi connectivity index (χ2n) is 4.25. The molecule has 0 spiro atoms. The number of amides is 1. The normalized spacial score (nSPS) is 10.6. The van der Waals surface area contributed by atoms with E-state index in [-0.39, 0.29) is 11.0 Å². The van der Waals surface area contributed by atoms with E-state index in [2.05, 4.69) is 10.6 Å². The summed E-state index contributed by atoms with van der Waals surface area (Å²) in [6.45, 7) is 1.93. The zero-order valence-corrected chi connectivity index (χ0v) is 13.6. The number of halogens is 1. The molecular formula is C15H13ClN2OS2. The van der Waals surface area contributed by atoms with Crippen LogP contribution in [0.3, 0.4) is 0 Å². The molecule has 0 aliphatic rings. The smallest absolute Gasteiger partial charge is 0.250 e. The van der Waals surface area contributed by atoms with Crippen molar-refractivity contribution in [1.82, 2.24) is 5.32 Å². The molecular weight excluding hydrogens is 324 g/mol. The van der Waals surface area contributed by atoms with E-state index in [4.69, 9.17) is 23.8 Å². The summed E-state index contributed by atoms with van der Waals surface area (Å²) in [5, 5.41) is 8.35. The van der Waals surface area contributed by atoms with Gasteiger partial charge in [0.2, 0.25) is 5.91 Å². The van der Waals surface area contributed by atoms with Gasteiger partial charge in [-0.2, -0.15) is 0 Å². The summed E-state index contributed by atoms with van der Waals surface area (Å²) >= 11 is 12.6. The minimum absolute atomic E-state index is 0.237. The van der Waals surface area contributed by atoms with Crippen molar-refractivity contribution in [3.05, 3.63) is 57.3 Å². The van der Waals surface area contributed by atoms with Gasteiger partial charge in [-0.05, 0) is 54.4 Å². The summed E-state index contributed by atoms with van der Waals surface area (Å²) in [6, 6.07) is 9.30. The number of anilines is 1. The third kappa shape index (κ3) is 4.97. The number of benzene rings is 1. The Hall–Kier alpha value is -1.69. The third-order valence-electron chi connectivity index (χ3n) is 2.63. The van der Waals surface area contributed by atoms with Crippen molar-refractivity contribution in [2.75, 3.05) is 5.32 Å². The Morgan fingerprint density at radius 1 is 1.38 bits per heavy atom. The molecule has 1 aromatic carbocycles. The van der Waals surface area contributed by atoms with Crippen molar-refractivity contribution < 1.29 is 4.79 Å². The molecule has 2 N–H and O–H groups in total. The average Bonchev–Trinajstić information content (AvgIpc) is 2.94. The predicted molar refractivity (Wildman–Crippen MR) is 93.9 cm³/mol. The lowest BCUT2D eigenvalue weighted by Gasteiger charge is -2.11. The van der Waals surface area contributed by atoms with Gasteiger partial charge in [-0.15, -0.1) is 11.3 Å². The van der Waals surface area contributed by atoms with E-state index < -0.39 is 0 Å². The van der Waals surface area contributed by atoms with Gasteiger partial charge in [-0.25, -0.2) is 0 Å². The number of thiophene rings is 1. The highest BCUT2D eigenvalue weighted by atomic mass is 35.5. The number of hydrogen-bond acceptors (Lipinski definition) is 3. The van der Waals surface area contributed by atoms with Crippen LogP contribution in [0.15, 0.2) is 41.8 Å². The summed E-state index contributed by atoms with van der Waals surface area (Å²) in [4.78, 5) is 12.8. The summed E-state index contributed by atoms with van der Waals surface area (Å²) in [6.07, 6.45) is 3.19. The van der Waals surface area contributed by atoms with Gasteiger partial charge in [0.15, 0.2) is 5.11 Å². The van der Waals surface area contributed by atoms with Gasteiger partial charge in [0.05, 0.1) is 0 Å². The molecule has 0 aliphatic carbocycles. The van der Waals surface area contributed by atoms with Crippen molar-refractivity contribution in [3.8, 4) is 0 Å². The topological polar surface area (TPSA) is 41.1 Å². The number of hydrogen-bond donors (Lipinski definition) is 2. The fourth-order valence-electron chi connectivity index (χ4n) is 1.58. The minimum atomic E-state index is -0.277. The molecule has 6 heteroatoms. The van der Waals surface area contributed by atoms with Crippen LogP contribution in [0.2, 0.25) is 5.02 Å². The first kappa shape index (κ1) is 15.7. The number of nitrogens with one attached hydrogen (secondary N) is 2. The van der Waals surface area contributed by atoms with Crippen LogP contribution in [0.4, 0.5) is 5.69 Å². The van der Waals surface area contributed by atoms with Crippen molar-refractivity contribution in [2.24, 2.45) is 0 Å². The van der Waals surface area contributed by atoms with Gasteiger partial charge in [0, 0.05) is 21.7 Å². The van der Waals surface area contributed by atoms with Gasteiger partial charge >= 0.3 is 0 Å². The Morgan fingerprint density at radius 2 is 2.19 bits per heavy atom. The summed E-state index contributed by atoms with van der Waals surface area (Å²) in [5.74, 6) is -0.277. The Bertz CT molecular complexity index is 681. The number of aryl methyl sites for hydroxylation is 1. The molecule has 108 valence electrons. The molecule has 0 saturated heterocycles. The van der Waals surface area contributed by atoms with Gasteiger partial charge in [0.1, 0.15) is 0 Å². The minimum Gasteiger partial charge on any atom is -0.332 e. The van der Waals surface area contributed by atoms with E-state index in [0.717, 1.165) is 16.1 Å². The zero-order valence-electron chi connectivity index (χ0n) is 11.2. The van der Waals surface area contributed by atoms with Crippen molar-refractivity contribution >= 4 is 57.9 Å². The van der Waals surface area contributed by atoms with Crippen LogP contribution in [-0.2, 0) is 4.79 Å². The molecule has 1 amide bonds. The number of rotatable bonds is 3. The van der Waals surface area contributed by atoms with Gasteiger partial charge in [0.25, 0.3) is 0 Å². The predicted octanol–water partition coefficient (Wildman–Crippen LogP) is 4.24. The largest absolute Gasteiger partial charge is 0.332 e. The number of thiocarbonyl (C=S) groups is 1. The standard InChI is InChI=1S/C15H13ClN2OS2/c1-10-4-5-11(16)9-13(10)17-15(20)18-14(19)7-6-12-3-2-8-21-12/h2-9H,1H3,(H2,17,18,19,20). The van der Waals surface area contributed by atoms with Crippen molar-refractivity contribution in [3.63, 3.8) is 0 Å². The van der Waals surface area contributed by atoms with Crippen LogP contribution in [0, 0.1) is 6.92 Å². The van der Waals surface area contributed by atoms with Crippen LogP contribution < -0.4 is 10.6 Å². The molecule has 0 atom stereocenters. The van der Waals surface area contributed by atoms with E-state index in [1.165, 1.54) is 6.08 Å². The van der Waals surface area contributed by atoms with Crippen molar-refractivity contribution in [2.45, 2.75) is 6.92 Å². The van der Waals surface area contributed by atoms with Crippen LogP contribution in [-0.4, -0.2) is 11.0 Å². The summed E-state index contributed by atoms with van der Waals surface area (Å²) in [5.41, 5.74) is 1.76. The highest BCUT2D eigenvalue weighted by Crippen LogP contribution is 2.19. The van der Waals surface area contributed by atoms with E-state index in [1.807, 2.05) is 30.5 Å². The highest BCUT2D eigenvalue weighted by molar-refractivity contribution is 7.80. The van der Waals surface area contributed by atoms with Crippen LogP contribution in [0.25, 0.3) is 6.08 Å². The zero-order chi connectivity index (χ0) is 15.2. The molecule has 2 aromatic rings. The monoisotopic (exact) mass is 336 g/mol. The number of carbonyl (C=O) groups excluding carboxylic acids is 1. The van der Waals surface area contributed by atoms with Crippen molar-refractivity contribution in [1.29, 1.82) is 0 Å². The summed E-state index contributed by atoms with van der Waals surface area (Å²) in [7, 11) is 0. The first-order valence-corrected chi connectivity index (χ1v) is 7.81. The second-order valence-corrected chi connectivity index (χ2v) is 6.08. The molecule has 0 unspecified atom stereocenters. The van der Waals surface area contributed by atoms with Gasteiger partial charge in [-0.1, -0.05) is 23.7 Å². The molecule has 21 heavy (non-hydrogen) atoms. The highest BCUT2D eigenvalue weighted by Gasteiger charge is 2.04. The second kappa shape index (κ2) is 7.36. The van der Waals surface area contributed by atoms with Crippen LogP contribution in [0.5, 0.6) is 0 Å². The fourth-order valence-corrected chi connectivity index (χ4v) is 2.58. The molecule has 3 nitrogen and oxygen atoms in total. The lowest BCUT2D eigenvalue weighted by Crippen LogP contribution is -2.33. The van der Waals surface area contributed by atoms with E-state index in [9.17, 15) is 4.79 Å². The van der Waals surface area contributed by atoms with E-state index >= 15 is 0 Å². The molecule has 0 radical (unpaired) electrons. The Balaban J connectivity index is 1.92. The quantitative estimate of drug-likeness (QED) is 0.650. The maximum Gasteiger partial charge on any atom is 0.250 e. The maximum atomic E-state index is 11.7. The number of carbonyl (C=O) groups is 1. The first-order chi connectivity index (χ1) is 10.0. The van der Waals surface area contributed by atoms with E-state index in [0.29, 0.717) is 5.02 Å². The lowest BCUT2D eigenvalue weighted by atomic mass is 10.2. The fraction of sp³-hybridized carbons (Fsp3) is 0.0667. The molecule has 0 saturated carbocycles. The Kier molecular flexibility index (Phi) is 5.50. The Morgan fingerprint density at radius 3 is 2.90 bits per heavy atom. The first-order valence-electron chi connectivity index (χ1n) is 6.14. The molecule has 0 fully saturated rings. The molecule has 2 rings (SSSR count). The lowest BCUT2D eigenvalue weighted by molar-refractivity contribution is -0.115. The van der Waals surface area contributed by atoms with Crippen LogP contribution >= 0.6 is 35.2 Å². The van der Waals surface area contributed by atoms with Gasteiger partial charge in [-0.3, -0.25) is 10.1 Å². The van der Waals surface area contributed by atoms with Gasteiger partial charge < -0.3 is 5.32 Å². The Labute approximate surface area is 137 Å². The summed E-state index contributed by atoms with van der Waals surface area (Å²) < 4.78 is 0. The van der Waals surface area contributed by atoms with Crippen LogP contribution in [0.1, 0.15) is 10.4 Å². The molecule has 1 aromatic heterocycles. The SMILES string of the molecule is Cc1ccc(Cl)cc1NC(=S)NC(=O)C=Cc1cccs1. The molecule has 1 heterocycles. The molecule has 0 bridgehead atoms. The maximum absolute atomic E-state index is 11.7. The molecule has 0 aliphatic heterocycles. The third-order valence-corrected chi connectivity index (χ3v) is 3.90.